The van der Waals surface area contributed by atoms with Crippen LogP contribution in [-0.4, -0.2) is 53.1 Å². The summed E-state index contributed by atoms with van der Waals surface area (Å²) >= 11 is 0. The van der Waals surface area contributed by atoms with Gasteiger partial charge < -0.3 is 15.1 Å². The number of fused-ring (bicyclic) bond motifs is 1. The van der Waals surface area contributed by atoms with Crippen LogP contribution in [0.2, 0.25) is 0 Å². The standard InChI is InChI=1S/C26H25F3N6O3/c1-14(16-5-3-6-18(21(16)27)23(28)29)31-24-19-13-35(34-9-11-38-12-10-34)26(37)20(22(19)32-15(2)33-24)17-7-4-8-30-25(17)36/h3-8,13-14,17,23H,9-12H2,1-2H3,(H,31,32,33)/t14-,17?/m1/s1. The summed E-state index contributed by atoms with van der Waals surface area (Å²) in [6.07, 6.45) is 3.16. The Morgan fingerprint density at radius 1 is 1.13 bits per heavy atom. The van der Waals surface area contributed by atoms with Crippen LogP contribution < -0.4 is 15.9 Å². The zero-order valence-electron chi connectivity index (χ0n) is 20.7. The zero-order valence-corrected chi connectivity index (χ0v) is 20.7. The van der Waals surface area contributed by atoms with Gasteiger partial charge in [0.15, 0.2) is 0 Å². The second kappa shape index (κ2) is 10.4. The predicted molar refractivity (Wildman–Crippen MR) is 136 cm³/mol. The average molecular weight is 527 g/mol. The minimum Gasteiger partial charge on any atom is -0.378 e. The number of alkyl halides is 2. The summed E-state index contributed by atoms with van der Waals surface area (Å²) < 4.78 is 48.4. The van der Waals surface area contributed by atoms with Gasteiger partial charge in [-0.25, -0.2) is 32.8 Å². The van der Waals surface area contributed by atoms with E-state index in [0.29, 0.717) is 37.5 Å². The third-order valence-corrected chi connectivity index (χ3v) is 6.58. The van der Waals surface area contributed by atoms with E-state index in [0.717, 1.165) is 6.07 Å². The van der Waals surface area contributed by atoms with Gasteiger partial charge in [-0.1, -0.05) is 24.3 Å². The number of benzene rings is 1. The Kier molecular flexibility index (Phi) is 6.98. The van der Waals surface area contributed by atoms with E-state index in [1.54, 1.807) is 37.2 Å². The molecule has 198 valence electrons. The van der Waals surface area contributed by atoms with Crippen LogP contribution in [0.25, 0.3) is 10.9 Å². The summed E-state index contributed by atoms with van der Waals surface area (Å²) in [6.45, 7) is 4.96. The SMILES string of the molecule is Cc1nc(N[C@H](C)c2cccc(C(F)F)c2F)c2cn(N3CCOCC3)c(=O)c(C3C=CC=NC3=O)c2n1. The van der Waals surface area contributed by atoms with Crippen LogP contribution in [0.4, 0.5) is 19.0 Å². The Balaban J connectivity index is 1.68. The molecule has 12 heteroatoms. The maximum atomic E-state index is 14.9. The minimum absolute atomic E-state index is 0.0358. The van der Waals surface area contributed by atoms with Crippen molar-refractivity contribution >= 4 is 28.8 Å². The van der Waals surface area contributed by atoms with Crippen LogP contribution in [0.15, 0.2) is 46.3 Å². The summed E-state index contributed by atoms with van der Waals surface area (Å²) in [4.78, 5) is 39.4. The molecule has 1 fully saturated rings. The fourth-order valence-electron chi connectivity index (χ4n) is 4.70. The van der Waals surface area contributed by atoms with Gasteiger partial charge in [-0.05, 0) is 19.9 Å². The normalized spacial score (nSPS) is 18.4. The first-order chi connectivity index (χ1) is 18.3. The second-order valence-corrected chi connectivity index (χ2v) is 9.04. The van der Waals surface area contributed by atoms with Gasteiger partial charge in [0, 0.05) is 18.0 Å². The molecule has 1 saturated heterocycles. The molecule has 1 aromatic carbocycles. The van der Waals surface area contributed by atoms with Crippen LogP contribution in [0.3, 0.4) is 0 Å². The number of aromatic nitrogens is 3. The first-order valence-electron chi connectivity index (χ1n) is 12.1. The smallest absolute Gasteiger partial charge is 0.275 e. The Bertz CT molecular complexity index is 1510. The van der Waals surface area contributed by atoms with Gasteiger partial charge in [-0.2, -0.15) is 0 Å². The van der Waals surface area contributed by atoms with E-state index in [1.165, 1.54) is 23.0 Å². The molecule has 4 heterocycles. The number of halogens is 3. The maximum absolute atomic E-state index is 14.9. The number of amides is 1. The molecule has 38 heavy (non-hydrogen) atoms. The fraction of sp³-hybridized carbons (Fsp3) is 0.346. The van der Waals surface area contributed by atoms with E-state index in [-0.39, 0.29) is 22.5 Å². The topological polar surface area (TPSA) is 102 Å². The average Bonchev–Trinajstić information content (AvgIpc) is 2.89. The molecule has 0 saturated carbocycles. The van der Waals surface area contributed by atoms with E-state index in [4.69, 9.17) is 4.74 Å². The highest BCUT2D eigenvalue weighted by atomic mass is 19.3. The van der Waals surface area contributed by atoms with Gasteiger partial charge in [-0.15, -0.1) is 0 Å². The highest BCUT2D eigenvalue weighted by Crippen LogP contribution is 2.32. The highest BCUT2D eigenvalue weighted by Gasteiger charge is 2.29. The molecule has 3 aromatic rings. The molecule has 0 aliphatic carbocycles. The van der Waals surface area contributed by atoms with Gasteiger partial charge >= 0.3 is 0 Å². The summed E-state index contributed by atoms with van der Waals surface area (Å²) in [5.41, 5.74) is -0.685. The van der Waals surface area contributed by atoms with Crippen molar-refractivity contribution in [3.63, 3.8) is 0 Å². The monoisotopic (exact) mass is 526 g/mol. The summed E-state index contributed by atoms with van der Waals surface area (Å²) in [6, 6.07) is 3.08. The lowest BCUT2D eigenvalue weighted by Gasteiger charge is -2.31. The number of allylic oxidation sites excluding steroid dienone is 1. The summed E-state index contributed by atoms with van der Waals surface area (Å²) in [5, 5.41) is 5.32. The van der Waals surface area contributed by atoms with E-state index >= 15 is 0 Å². The number of nitrogens with zero attached hydrogens (tertiary/aromatic N) is 5. The lowest BCUT2D eigenvalue weighted by atomic mass is 9.95. The number of carbonyl (C=O) groups is 1. The number of carbonyl (C=O) groups excluding carboxylic acids is 1. The molecule has 9 nitrogen and oxygen atoms in total. The largest absolute Gasteiger partial charge is 0.378 e. The van der Waals surface area contributed by atoms with Crippen molar-refractivity contribution in [1.82, 2.24) is 14.6 Å². The molecule has 0 radical (unpaired) electrons. The Morgan fingerprint density at radius 3 is 2.58 bits per heavy atom. The first kappa shape index (κ1) is 25.6. The number of ether oxygens (including phenoxy) is 1. The lowest BCUT2D eigenvalue weighted by Crippen LogP contribution is -2.49. The van der Waals surface area contributed by atoms with E-state index in [2.05, 4.69) is 20.3 Å². The van der Waals surface area contributed by atoms with Crippen molar-refractivity contribution in [3.05, 3.63) is 75.2 Å². The fourth-order valence-corrected chi connectivity index (χ4v) is 4.70. The number of hydrogen-bond donors (Lipinski definition) is 1. The van der Waals surface area contributed by atoms with Gasteiger partial charge in [0.1, 0.15) is 17.5 Å². The number of anilines is 1. The van der Waals surface area contributed by atoms with Crippen molar-refractivity contribution in [2.75, 3.05) is 36.6 Å². The van der Waals surface area contributed by atoms with Crippen molar-refractivity contribution < 1.29 is 22.7 Å². The molecule has 5 rings (SSSR count). The Labute approximate surface area is 215 Å². The van der Waals surface area contributed by atoms with E-state index in [9.17, 15) is 22.8 Å². The van der Waals surface area contributed by atoms with Crippen LogP contribution in [0, 0.1) is 12.7 Å². The maximum Gasteiger partial charge on any atom is 0.275 e. The van der Waals surface area contributed by atoms with Crippen molar-refractivity contribution in [2.24, 2.45) is 4.99 Å². The lowest BCUT2D eigenvalue weighted by molar-refractivity contribution is -0.118. The van der Waals surface area contributed by atoms with Crippen molar-refractivity contribution in [3.8, 4) is 0 Å². The molecular weight excluding hydrogens is 501 g/mol. The molecule has 0 spiro atoms. The third kappa shape index (κ3) is 4.67. The predicted octanol–water partition coefficient (Wildman–Crippen LogP) is 3.57. The van der Waals surface area contributed by atoms with Crippen LogP contribution >= 0.6 is 0 Å². The first-order valence-corrected chi connectivity index (χ1v) is 12.1. The quantitative estimate of drug-likeness (QED) is 0.524. The number of rotatable bonds is 6. The number of nitrogens with one attached hydrogen (secondary N) is 1. The van der Waals surface area contributed by atoms with Crippen molar-refractivity contribution in [2.45, 2.75) is 32.2 Å². The number of dihydropyridines is 1. The highest BCUT2D eigenvalue weighted by molar-refractivity contribution is 6.01. The van der Waals surface area contributed by atoms with Gasteiger partial charge in [-0.3, -0.25) is 9.59 Å². The Hall–Kier alpha value is -4.06. The number of aryl methyl sites for hydroxylation is 1. The summed E-state index contributed by atoms with van der Waals surface area (Å²) in [7, 11) is 0. The van der Waals surface area contributed by atoms with Crippen LogP contribution in [0.1, 0.15) is 47.8 Å². The summed E-state index contributed by atoms with van der Waals surface area (Å²) in [5.74, 6) is -1.89. The van der Waals surface area contributed by atoms with Gasteiger partial charge in [0.25, 0.3) is 17.9 Å². The molecule has 1 N–H and O–H groups in total. The molecule has 1 unspecified atom stereocenters. The molecule has 2 aliphatic heterocycles. The number of pyridine rings is 1. The number of morpholine rings is 1. The zero-order chi connectivity index (χ0) is 27.0. The van der Waals surface area contributed by atoms with E-state index in [1.807, 2.05) is 0 Å². The third-order valence-electron chi connectivity index (χ3n) is 6.58. The van der Waals surface area contributed by atoms with Gasteiger partial charge in [0.2, 0.25) is 0 Å². The number of aliphatic imine (C=N–C) groups is 1. The minimum atomic E-state index is -2.96. The van der Waals surface area contributed by atoms with E-state index < -0.39 is 41.2 Å². The molecule has 1 amide bonds. The molecular formula is C26H25F3N6O3. The van der Waals surface area contributed by atoms with Gasteiger partial charge in [0.05, 0.1) is 60.3 Å². The Morgan fingerprint density at radius 2 is 1.87 bits per heavy atom. The van der Waals surface area contributed by atoms with Crippen LogP contribution in [-0.2, 0) is 9.53 Å². The second-order valence-electron chi connectivity index (χ2n) is 9.04. The molecule has 2 aliphatic rings. The molecule has 2 aromatic heterocycles. The number of hydrogen-bond acceptors (Lipinski definition) is 7. The van der Waals surface area contributed by atoms with Crippen LogP contribution in [0.5, 0.6) is 0 Å². The molecule has 0 bridgehead atoms. The molecule has 2 atom stereocenters. The van der Waals surface area contributed by atoms with Crippen molar-refractivity contribution in [1.29, 1.82) is 0 Å².